The van der Waals surface area contributed by atoms with Crippen molar-refractivity contribution in [1.29, 1.82) is 0 Å². The van der Waals surface area contributed by atoms with Crippen LogP contribution >= 0.6 is 0 Å². The smallest absolute Gasteiger partial charge is 0.220 e. The zero-order valence-corrected chi connectivity index (χ0v) is 14.3. The Bertz CT molecular complexity index is 483. The average Bonchev–Trinajstić information content (AvgIpc) is 2.77. The van der Waals surface area contributed by atoms with E-state index in [9.17, 15) is 0 Å². The molecule has 2 rings (SSSR count). The highest BCUT2D eigenvalue weighted by Gasteiger charge is 2.18. The normalized spacial score (nSPS) is 18.2. The number of rotatable bonds is 8. The zero-order valence-electron chi connectivity index (χ0n) is 14.3. The second kappa shape index (κ2) is 9.47. The molecule has 1 aromatic rings. The zero-order chi connectivity index (χ0) is 16.5. The first-order valence-electron chi connectivity index (χ1n) is 8.25. The molecule has 1 aliphatic rings. The van der Waals surface area contributed by atoms with Gasteiger partial charge in [0.05, 0.1) is 13.2 Å². The molecular weight excluding hydrogens is 292 g/mol. The van der Waals surface area contributed by atoms with E-state index in [2.05, 4.69) is 33.4 Å². The lowest BCUT2D eigenvalue weighted by atomic mass is 10.2. The number of likely N-dealkylation sites (N-methyl/N-ethyl adjacent to an activating group) is 1. The van der Waals surface area contributed by atoms with Crippen LogP contribution in [0.3, 0.4) is 0 Å². The molecule has 1 fully saturated rings. The fourth-order valence-corrected chi connectivity index (χ4v) is 2.73. The average molecular weight is 320 g/mol. The van der Waals surface area contributed by atoms with Gasteiger partial charge in [0.1, 0.15) is 12.4 Å². The summed E-state index contributed by atoms with van der Waals surface area (Å²) in [6.45, 7) is 9.20. The second-order valence-corrected chi connectivity index (χ2v) is 5.96. The molecule has 0 radical (unpaired) electrons. The highest BCUT2D eigenvalue weighted by molar-refractivity contribution is 5.18. The molecule has 1 aliphatic heterocycles. The molecule has 2 heterocycles. The Morgan fingerprint density at radius 3 is 2.87 bits per heavy atom. The number of methoxy groups -OCH3 is 1. The maximum atomic E-state index is 6.10. The third-order valence-corrected chi connectivity index (χ3v) is 4.08. The molecule has 6 heteroatoms. The standard InChI is InChI=1S/C17H28N4O2/c1-4-5-7-15(13-21-9-6-8-20(2)10-11-21)23-17-12-16(22-3)18-14-19-17/h4,12,14-15H,1,5-11,13H2,2-3H3/t15-/m0/s1. The van der Waals surface area contributed by atoms with Crippen LogP contribution in [0.15, 0.2) is 25.0 Å². The van der Waals surface area contributed by atoms with E-state index in [1.165, 1.54) is 12.7 Å². The molecular formula is C17H28N4O2. The van der Waals surface area contributed by atoms with Crippen molar-refractivity contribution in [2.75, 3.05) is 46.9 Å². The largest absolute Gasteiger partial charge is 0.481 e. The van der Waals surface area contributed by atoms with Gasteiger partial charge in [-0.25, -0.2) is 9.97 Å². The van der Waals surface area contributed by atoms with Crippen LogP contribution in [0, 0.1) is 0 Å². The molecule has 0 amide bonds. The monoisotopic (exact) mass is 320 g/mol. The molecule has 6 nitrogen and oxygen atoms in total. The van der Waals surface area contributed by atoms with Gasteiger partial charge < -0.3 is 14.4 Å². The molecule has 0 bridgehead atoms. The Balaban J connectivity index is 1.96. The maximum Gasteiger partial charge on any atom is 0.220 e. The van der Waals surface area contributed by atoms with Crippen molar-refractivity contribution in [2.45, 2.75) is 25.4 Å². The second-order valence-electron chi connectivity index (χ2n) is 5.96. The van der Waals surface area contributed by atoms with Crippen LogP contribution in [0.1, 0.15) is 19.3 Å². The minimum absolute atomic E-state index is 0.0935. The van der Waals surface area contributed by atoms with Crippen LogP contribution in [0.2, 0.25) is 0 Å². The van der Waals surface area contributed by atoms with Crippen molar-refractivity contribution in [3.05, 3.63) is 25.0 Å². The Kier molecular flexibility index (Phi) is 7.29. The predicted molar refractivity (Wildman–Crippen MR) is 91.0 cm³/mol. The maximum absolute atomic E-state index is 6.10. The first-order chi connectivity index (χ1) is 11.2. The van der Waals surface area contributed by atoms with Gasteiger partial charge in [0.25, 0.3) is 0 Å². The summed E-state index contributed by atoms with van der Waals surface area (Å²) in [7, 11) is 3.78. The number of hydrogen-bond donors (Lipinski definition) is 0. The molecule has 0 saturated carbocycles. The Morgan fingerprint density at radius 1 is 1.26 bits per heavy atom. The van der Waals surface area contributed by atoms with E-state index in [1.54, 1.807) is 13.2 Å². The van der Waals surface area contributed by atoms with Gasteiger partial charge in [0.15, 0.2) is 0 Å². The van der Waals surface area contributed by atoms with E-state index in [0.717, 1.165) is 45.6 Å². The lowest BCUT2D eigenvalue weighted by Gasteiger charge is -2.26. The van der Waals surface area contributed by atoms with E-state index in [1.807, 2.05) is 6.08 Å². The molecule has 23 heavy (non-hydrogen) atoms. The quantitative estimate of drug-likeness (QED) is 0.681. The van der Waals surface area contributed by atoms with Gasteiger partial charge in [-0.15, -0.1) is 6.58 Å². The predicted octanol–water partition coefficient (Wildman–Crippen LogP) is 1.84. The summed E-state index contributed by atoms with van der Waals surface area (Å²) >= 11 is 0. The molecule has 1 saturated heterocycles. The summed E-state index contributed by atoms with van der Waals surface area (Å²) in [6, 6.07) is 1.73. The third-order valence-electron chi connectivity index (χ3n) is 4.08. The van der Waals surface area contributed by atoms with Crippen molar-refractivity contribution < 1.29 is 9.47 Å². The van der Waals surface area contributed by atoms with Crippen LogP contribution < -0.4 is 9.47 Å². The van der Waals surface area contributed by atoms with Gasteiger partial charge in [-0.2, -0.15) is 0 Å². The third kappa shape index (κ3) is 6.15. The fraction of sp³-hybridized carbons (Fsp3) is 0.647. The van der Waals surface area contributed by atoms with Crippen molar-refractivity contribution >= 4 is 0 Å². The van der Waals surface area contributed by atoms with Crippen LogP contribution in [0.4, 0.5) is 0 Å². The first-order valence-corrected chi connectivity index (χ1v) is 8.25. The Hall–Kier alpha value is -1.66. The van der Waals surface area contributed by atoms with Crippen molar-refractivity contribution in [1.82, 2.24) is 19.8 Å². The highest BCUT2D eigenvalue weighted by atomic mass is 16.5. The Labute approximate surface area is 139 Å². The molecule has 1 atom stereocenters. The summed E-state index contributed by atoms with van der Waals surface area (Å²) in [5.41, 5.74) is 0. The lowest BCUT2D eigenvalue weighted by molar-refractivity contribution is 0.123. The van der Waals surface area contributed by atoms with Gasteiger partial charge in [-0.05, 0) is 39.4 Å². The molecule has 128 valence electrons. The van der Waals surface area contributed by atoms with Gasteiger partial charge in [-0.1, -0.05) is 6.08 Å². The first kappa shape index (κ1) is 17.7. The number of nitrogens with zero attached hydrogens (tertiary/aromatic N) is 4. The number of aromatic nitrogens is 2. The number of hydrogen-bond acceptors (Lipinski definition) is 6. The van der Waals surface area contributed by atoms with Crippen LogP contribution in [0.25, 0.3) is 0 Å². The summed E-state index contributed by atoms with van der Waals surface area (Å²) in [5.74, 6) is 1.09. The van der Waals surface area contributed by atoms with Gasteiger partial charge in [0, 0.05) is 19.6 Å². The molecule has 0 aromatic carbocycles. The van der Waals surface area contributed by atoms with Crippen molar-refractivity contribution in [3.63, 3.8) is 0 Å². The number of allylic oxidation sites excluding steroid dienone is 1. The van der Waals surface area contributed by atoms with Gasteiger partial charge in [-0.3, -0.25) is 4.90 Å². The van der Waals surface area contributed by atoms with Crippen molar-refractivity contribution in [2.24, 2.45) is 0 Å². The summed E-state index contributed by atoms with van der Waals surface area (Å²) in [4.78, 5) is 13.1. The van der Waals surface area contributed by atoms with Crippen LogP contribution in [-0.4, -0.2) is 72.8 Å². The van der Waals surface area contributed by atoms with Gasteiger partial charge >= 0.3 is 0 Å². The molecule has 0 aliphatic carbocycles. The minimum atomic E-state index is 0.0935. The summed E-state index contributed by atoms with van der Waals surface area (Å²) in [6.07, 6.45) is 6.57. The van der Waals surface area contributed by atoms with E-state index in [0.29, 0.717) is 11.8 Å². The SMILES string of the molecule is C=CCC[C@@H](CN1CCCN(C)CC1)Oc1cc(OC)ncn1. The topological polar surface area (TPSA) is 50.7 Å². The highest BCUT2D eigenvalue weighted by Crippen LogP contribution is 2.17. The molecule has 0 spiro atoms. The minimum Gasteiger partial charge on any atom is -0.481 e. The van der Waals surface area contributed by atoms with E-state index >= 15 is 0 Å². The summed E-state index contributed by atoms with van der Waals surface area (Å²) in [5, 5.41) is 0. The van der Waals surface area contributed by atoms with E-state index in [-0.39, 0.29) is 6.10 Å². The number of ether oxygens (including phenoxy) is 2. The van der Waals surface area contributed by atoms with Crippen LogP contribution in [0.5, 0.6) is 11.8 Å². The Morgan fingerprint density at radius 2 is 2.09 bits per heavy atom. The lowest BCUT2D eigenvalue weighted by Crippen LogP contribution is -2.38. The van der Waals surface area contributed by atoms with E-state index < -0.39 is 0 Å². The molecule has 0 unspecified atom stereocenters. The molecule has 0 N–H and O–H groups in total. The molecule has 1 aromatic heterocycles. The van der Waals surface area contributed by atoms with Crippen molar-refractivity contribution in [3.8, 4) is 11.8 Å². The fourth-order valence-electron chi connectivity index (χ4n) is 2.73. The van der Waals surface area contributed by atoms with Crippen LogP contribution in [-0.2, 0) is 0 Å². The van der Waals surface area contributed by atoms with Gasteiger partial charge in [0.2, 0.25) is 11.8 Å². The summed E-state index contributed by atoms with van der Waals surface area (Å²) < 4.78 is 11.2. The van der Waals surface area contributed by atoms with E-state index in [4.69, 9.17) is 9.47 Å².